The summed E-state index contributed by atoms with van der Waals surface area (Å²) in [6, 6.07) is 19.7. The molecule has 3 aromatic rings. The number of hydrogen-bond acceptors (Lipinski definition) is 5. The molecular formula is C26H23FN2O5. The van der Waals surface area contributed by atoms with Gasteiger partial charge in [-0.05, 0) is 42.3 Å². The molecule has 4 rings (SSSR count). The minimum absolute atomic E-state index is 0.206. The van der Waals surface area contributed by atoms with Gasteiger partial charge in [0, 0.05) is 12.1 Å². The van der Waals surface area contributed by atoms with E-state index in [-0.39, 0.29) is 13.2 Å². The number of benzene rings is 3. The Hall–Kier alpha value is -4.20. The number of amides is 2. The van der Waals surface area contributed by atoms with E-state index in [0.29, 0.717) is 17.0 Å². The van der Waals surface area contributed by atoms with Crippen LogP contribution in [0.3, 0.4) is 0 Å². The van der Waals surface area contributed by atoms with Gasteiger partial charge in [0.25, 0.3) is 11.8 Å². The Morgan fingerprint density at radius 3 is 2.56 bits per heavy atom. The molecule has 3 aromatic carbocycles. The summed E-state index contributed by atoms with van der Waals surface area (Å²) >= 11 is 0. The quantitative estimate of drug-likeness (QED) is 0.544. The number of esters is 1. The Bertz CT molecular complexity index is 1200. The molecule has 174 valence electrons. The van der Waals surface area contributed by atoms with Gasteiger partial charge in [0.1, 0.15) is 18.1 Å². The summed E-state index contributed by atoms with van der Waals surface area (Å²) in [5.41, 5.74) is 2.52. The number of fused-ring (bicyclic) bond motifs is 1. The molecule has 1 heterocycles. The van der Waals surface area contributed by atoms with Gasteiger partial charge >= 0.3 is 5.97 Å². The van der Waals surface area contributed by atoms with Crippen LogP contribution in [0.4, 0.5) is 10.1 Å². The molecule has 0 radical (unpaired) electrons. The van der Waals surface area contributed by atoms with E-state index < -0.39 is 36.2 Å². The highest BCUT2D eigenvalue weighted by molar-refractivity contribution is 6.01. The van der Waals surface area contributed by atoms with Crippen molar-refractivity contribution in [3.63, 3.8) is 0 Å². The van der Waals surface area contributed by atoms with Crippen LogP contribution in [0, 0.1) is 12.7 Å². The van der Waals surface area contributed by atoms with E-state index in [4.69, 9.17) is 9.47 Å². The number of aryl methyl sites for hydroxylation is 1. The van der Waals surface area contributed by atoms with E-state index >= 15 is 0 Å². The van der Waals surface area contributed by atoms with Crippen molar-refractivity contribution in [2.24, 2.45) is 0 Å². The van der Waals surface area contributed by atoms with Crippen LogP contribution in [0.1, 0.15) is 22.8 Å². The Balaban J connectivity index is 1.51. The van der Waals surface area contributed by atoms with Crippen LogP contribution in [-0.4, -0.2) is 30.9 Å². The van der Waals surface area contributed by atoms with Crippen LogP contribution in [0.25, 0.3) is 0 Å². The Kier molecular flexibility index (Phi) is 6.87. The third-order valence-corrected chi connectivity index (χ3v) is 5.31. The molecule has 2 amide bonds. The molecule has 0 aliphatic carbocycles. The van der Waals surface area contributed by atoms with Crippen LogP contribution in [0.15, 0.2) is 72.8 Å². The van der Waals surface area contributed by atoms with E-state index in [1.165, 1.54) is 29.2 Å². The molecule has 7 nitrogen and oxygen atoms in total. The number of nitrogens with zero attached hydrogens (tertiary/aromatic N) is 1. The molecule has 1 atom stereocenters. The largest absolute Gasteiger partial charge is 0.482 e. The Labute approximate surface area is 196 Å². The second-order valence-electron chi connectivity index (χ2n) is 7.86. The zero-order chi connectivity index (χ0) is 24.1. The molecule has 34 heavy (non-hydrogen) atoms. The van der Waals surface area contributed by atoms with Crippen LogP contribution < -0.4 is 15.0 Å². The summed E-state index contributed by atoms with van der Waals surface area (Å²) < 4.78 is 24.4. The van der Waals surface area contributed by atoms with Gasteiger partial charge in [-0.25, -0.2) is 4.39 Å². The second-order valence-corrected chi connectivity index (χ2v) is 7.86. The Morgan fingerprint density at radius 2 is 1.82 bits per heavy atom. The average Bonchev–Trinajstić information content (AvgIpc) is 2.84. The van der Waals surface area contributed by atoms with Crippen molar-refractivity contribution < 1.29 is 28.2 Å². The summed E-state index contributed by atoms with van der Waals surface area (Å²) in [6.07, 6.45) is -1.31. The van der Waals surface area contributed by atoms with Crippen molar-refractivity contribution in [1.29, 1.82) is 0 Å². The lowest BCUT2D eigenvalue weighted by Gasteiger charge is -2.29. The van der Waals surface area contributed by atoms with E-state index in [9.17, 15) is 18.8 Å². The van der Waals surface area contributed by atoms with Gasteiger partial charge in [0.15, 0.2) is 6.61 Å². The summed E-state index contributed by atoms with van der Waals surface area (Å²) in [5.74, 6) is -1.75. The first-order chi connectivity index (χ1) is 16.4. The number of nitrogens with one attached hydrogen (secondary N) is 1. The first-order valence-corrected chi connectivity index (χ1v) is 10.7. The highest BCUT2D eigenvalue weighted by Gasteiger charge is 2.31. The van der Waals surface area contributed by atoms with E-state index in [2.05, 4.69) is 5.32 Å². The molecular weight excluding hydrogens is 439 g/mol. The van der Waals surface area contributed by atoms with Crippen molar-refractivity contribution in [3.8, 4) is 5.75 Å². The maximum atomic E-state index is 13.4. The van der Waals surface area contributed by atoms with Gasteiger partial charge in [-0.15, -0.1) is 0 Å². The van der Waals surface area contributed by atoms with Gasteiger partial charge in [0.2, 0.25) is 6.10 Å². The number of carbonyl (C=O) groups is 3. The molecule has 0 spiro atoms. The smallest absolute Gasteiger partial charge is 0.327 e. The van der Waals surface area contributed by atoms with Crippen LogP contribution in [0.2, 0.25) is 0 Å². The predicted molar refractivity (Wildman–Crippen MR) is 123 cm³/mol. The van der Waals surface area contributed by atoms with E-state index in [1.54, 1.807) is 12.1 Å². The highest BCUT2D eigenvalue weighted by atomic mass is 19.1. The topological polar surface area (TPSA) is 84.9 Å². The maximum Gasteiger partial charge on any atom is 0.327 e. The van der Waals surface area contributed by atoms with Gasteiger partial charge in [-0.2, -0.15) is 0 Å². The van der Waals surface area contributed by atoms with E-state index in [1.807, 2.05) is 43.3 Å². The lowest BCUT2D eigenvalue weighted by Crippen LogP contribution is -2.43. The minimum Gasteiger partial charge on any atom is -0.482 e. The number of carbonyl (C=O) groups excluding carboxylic acids is 3. The molecule has 1 N–H and O–H groups in total. The third kappa shape index (κ3) is 5.40. The SMILES string of the molecule is Cc1ccc2c(c1)N(CC(=O)OC(C(=O)NCc1ccccc1)c1ccc(F)cc1)C(=O)CO2. The monoisotopic (exact) mass is 462 g/mol. The van der Waals surface area contributed by atoms with Crippen molar-refractivity contribution in [2.45, 2.75) is 19.6 Å². The molecule has 0 saturated carbocycles. The zero-order valence-corrected chi connectivity index (χ0v) is 18.5. The summed E-state index contributed by atoms with van der Waals surface area (Å²) in [5, 5.41) is 2.74. The number of rotatable bonds is 7. The van der Waals surface area contributed by atoms with Crippen molar-refractivity contribution in [1.82, 2.24) is 5.32 Å². The molecule has 0 saturated heterocycles. The molecule has 1 unspecified atom stereocenters. The van der Waals surface area contributed by atoms with Crippen molar-refractivity contribution in [2.75, 3.05) is 18.1 Å². The van der Waals surface area contributed by atoms with Crippen molar-refractivity contribution >= 4 is 23.5 Å². The zero-order valence-electron chi connectivity index (χ0n) is 18.5. The number of ether oxygens (including phenoxy) is 2. The molecule has 0 aromatic heterocycles. The fraction of sp³-hybridized carbons (Fsp3) is 0.192. The van der Waals surface area contributed by atoms with Gasteiger partial charge < -0.3 is 14.8 Å². The van der Waals surface area contributed by atoms with Crippen LogP contribution >= 0.6 is 0 Å². The second kappa shape index (κ2) is 10.2. The van der Waals surface area contributed by atoms with Gasteiger partial charge in [0.05, 0.1) is 5.69 Å². The van der Waals surface area contributed by atoms with Crippen molar-refractivity contribution in [3.05, 3.63) is 95.3 Å². The van der Waals surface area contributed by atoms with Gasteiger partial charge in [-0.1, -0.05) is 48.5 Å². The van der Waals surface area contributed by atoms with Crippen LogP contribution in [0.5, 0.6) is 5.75 Å². The fourth-order valence-electron chi connectivity index (χ4n) is 3.57. The molecule has 0 fully saturated rings. The summed E-state index contributed by atoms with van der Waals surface area (Å²) in [7, 11) is 0. The third-order valence-electron chi connectivity index (χ3n) is 5.31. The fourth-order valence-corrected chi connectivity index (χ4v) is 3.57. The normalized spacial score (nSPS) is 13.5. The molecule has 8 heteroatoms. The maximum absolute atomic E-state index is 13.4. The first kappa shape index (κ1) is 23.0. The summed E-state index contributed by atoms with van der Waals surface area (Å²) in [4.78, 5) is 39.6. The Morgan fingerprint density at radius 1 is 1.09 bits per heavy atom. The molecule has 1 aliphatic rings. The molecule has 1 aliphatic heterocycles. The molecule has 0 bridgehead atoms. The summed E-state index contributed by atoms with van der Waals surface area (Å²) in [6.45, 7) is 1.48. The lowest BCUT2D eigenvalue weighted by molar-refractivity contribution is -0.155. The number of halogens is 1. The average molecular weight is 462 g/mol. The van der Waals surface area contributed by atoms with E-state index in [0.717, 1.165) is 11.1 Å². The first-order valence-electron chi connectivity index (χ1n) is 10.7. The standard InChI is InChI=1S/C26H23FN2O5/c1-17-7-12-22-21(13-17)29(23(30)16-33-22)15-24(31)34-25(19-8-10-20(27)11-9-19)26(32)28-14-18-5-3-2-4-6-18/h2-13,25H,14-16H2,1H3,(H,28,32). The lowest BCUT2D eigenvalue weighted by atomic mass is 10.1. The number of anilines is 1. The number of hydrogen-bond donors (Lipinski definition) is 1. The minimum atomic E-state index is -1.31. The highest BCUT2D eigenvalue weighted by Crippen LogP contribution is 2.33. The van der Waals surface area contributed by atoms with Crippen LogP contribution in [-0.2, 0) is 25.7 Å². The predicted octanol–water partition coefficient (Wildman–Crippen LogP) is 3.46. The van der Waals surface area contributed by atoms with Gasteiger partial charge in [-0.3, -0.25) is 19.3 Å².